The number of imidazole rings is 1. The minimum Gasteiger partial charge on any atom is -0.321 e. The van der Waals surface area contributed by atoms with E-state index in [0.717, 1.165) is 61.4 Å². The molecule has 34 heavy (non-hydrogen) atoms. The number of anilines is 1. The molecule has 1 amide bonds. The first-order valence-electron chi connectivity index (χ1n) is 11.4. The summed E-state index contributed by atoms with van der Waals surface area (Å²) in [4.78, 5) is 29.4. The van der Waals surface area contributed by atoms with Crippen LogP contribution in [-0.4, -0.2) is 25.4 Å². The highest BCUT2D eigenvalue weighted by Gasteiger charge is 2.29. The van der Waals surface area contributed by atoms with Gasteiger partial charge >= 0.3 is 0 Å². The van der Waals surface area contributed by atoms with Gasteiger partial charge in [-0.2, -0.15) is 0 Å². The van der Waals surface area contributed by atoms with Gasteiger partial charge in [0.2, 0.25) is 5.91 Å². The molecule has 0 atom stereocenters. The number of fused-ring (bicyclic) bond motifs is 3. The second-order valence-electron chi connectivity index (χ2n) is 8.50. The number of hydrogen-bond acceptors (Lipinski definition) is 6. The summed E-state index contributed by atoms with van der Waals surface area (Å²) in [5.41, 5.74) is 8.95. The van der Waals surface area contributed by atoms with Crippen molar-refractivity contribution < 1.29 is 4.79 Å². The number of rotatable bonds is 4. The number of para-hydroxylation sites is 1. The van der Waals surface area contributed by atoms with Crippen LogP contribution < -0.4 is 4.90 Å². The van der Waals surface area contributed by atoms with Crippen LogP contribution in [-0.2, 0) is 17.9 Å². The van der Waals surface area contributed by atoms with E-state index in [9.17, 15) is 4.79 Å². The molecular formula is C26H23N5OS2. The molecule has 0 N–H and O–H groups in total. The van der Waals surface area contributed by atoms with E-state index in [0.29, 0.717) is 19.5 Å². The lowest BCUT2D eigenvalue weighted by molar-refractivity contribution is -0.118. The Balaban J connectivity index is 1.59. The third-order valence-corrected chi connectivity index (χ3v) is 7.91. The quantitative estimate of drug-likeness (QED) is 0.300. The van der Waals surface area contributed by atoms with E-state index in [2.05, 4.69) is 39.2 Å². The fourth-order valence-electron chi connectivity index (χ4n) is 4.57. The number of benzene rings is 2. The molecule has 3 aromatic heterocycles. The molecule has 0 unspecified atom stereocenters. The van der Waals surface area contributed by atoms with Gasteiger partial charge in [0.1, 0.15) is 16.5 Å². The molecule has 2 aromatic carbocycles. The Morgan fingerprint density at radius 2 is 1.97 bits per heavy atom. The molecule has 4 heterocycles. The van der Waals surface area contributed by atoms with Crippen molar-refractivity contribution >= 4 is 44.5 Å². The Labute approximate surface area is 205 Å². The normalized spacial score (nSPS) is 13.1. The Morgan fingerprint density at radius 1 is 1.09 bits per heavy atom. The first kappa shape index (κ1) is 21.2. The molecule has 5 aromatic rings. The molecule has 0 spiro atoms. The van der Waals surface area contributed by atoms with Gasteiger partial charge in [-0.05, 0) is 37.1 Å². The standard InChI is InChI=1S/C26H23N5OS2/c1-3-6-23(32)30-13-22-29-24(26-28-16(2)14-33-26)25(17-9-10-19-21(11-17)34-15-27-19)31(22)12-18-7-4-5-8-20(18)30/h4-5,7-11,14-15H,3,6,12-13H2,1-2H3. The molecule has 6 rings (SSSR count). The average molecular weight is 486 g/mol. The first-order valence-corrected chi connectivity index (χ1v) is 13.1. The second kappa shape index (κ2) is 8.45. The van der Waals surface area contributed by atoms with Crippen molar-refractivity contribution in [2.75, 3.05) is 4.90 Å². The number of amides is 1. The third kappa shape index (κ3) is 3.54. The van der Waals surface area contributed by atoms with E-state index in [1.165, 1.54) is 0 Å². The van der Waals surface area contributed by atoms with E-state index in [1.54, 1.807) is 22.7 Å². The van der Waals surface area contributed by atoms with Gasteiger partial charge in [-0.1, -0.05) is 31.2 Å². The van der Waals surface area contributed by atoms with Crippen molar-refractivity contribution in [1.29, 1.82) is 0 Å². The minimum absolute atomic E-state index is 0.130. The lowest BCUT2D eigenvalue weighted by Crippen LogP contribution is -2.30. The highest BCUT2D eigenvalue weighted by Crippen LogP contribution is 2.39. The van der Waals surface area contributed by atoms with E-state index in [1.807, 2.05) is 42.5 Å². The van der Waals surface area contributed by atoms with Crippen molar-refractivity contribution in [1.82, 2.24) is 19.5 Å². The monoisotopic (exact) mass is 485 g/mol. The van der Waals surface area contributed by atoms with Gasteiger partial charge in [-0.3, -0.25) is 4.79 Å². The summed E-state index contributed by atoms with van der Waals surface area (Å²) in [6, 6.07) is 14.6. The molecular weight excluding hydrogens is 462 g/mol. The van der Waals surface area contributed by atoms with Gasteiger partial charge in [0.25, 0.3) is 0 Å². The zero-order chi connectivity index (χ0) is 23.2. The smallest absolute Gasteiger partial charge is 0.227 e. The zero-order valence-corrected chi connectivity index (χ0v) is 20.6. The molecule has 0 saturated carbocycles. The molecule has 0 radical (unpaired) electrons. The van der Waals surface area contributed by atoms with Crippen molar-refractivity contribution in [3.05, 3.63) is 70.4 Å². The van der Waals surface area contributed by atoms with E-state index >= 15 is 0 Å². The zero-order valence-electron chi connectivity index (χ0n) is 19.0. The first-order chi connectivity index (χ1) is 16.6. The summed E-state index contributed by atoms with van der Waals surface area (Å²) in [6.07, 6.45) is 1.33. The molecule has 1 aliphatic rings. The van der Waals surface area contributed by atoms with Crippen molar-refractivity contribution in [2.24, 2.45) is 0 Å². The molecule has 0 fully saturated rings. The van der Waals surface area contributed by atoms with Crippen LogP contribution in [0.3, 0.4) is 0 Å². The Morgan fingerprint density at radius 3 is 2.79 bits per heavy atom. The molecule has 8 heteroatoms. The molecule has 0 aliphatic carbocycles. The Kier molecular flexibility index (Phi) is 5.27. The summed E-state index contributed by atoms with van der Waals surface area (Å²) >= 11 is 3.25. The lowest BCUT2D eigenvalue weighted by Gasteiger charge is -2.22. The van der Waals surface area contributed by atoms with Crippen molar-refractivity contribution in [2.45, 2.75) is 39.8 Å². The molecule has 0 saturated heterocycles. The topological polar surface area (TPSA) is 63.9 Å². The second-order valence-corrected chi connectivity index (χ2v) is 10.2. The van der Waals surface area contributed by atoms with Crippen LogP contribution in [0.1, 0.15) is 36.8 Å². The van der Waals surface area contributed by atoms with Crippen molar-refractivity contribution in [3.8, 4) is 22.0 Å². The summed E-state index contributed by atoms with van der Waals surface area (Å²) in [6.45, 7) is 5.13. The fourth-order valence-corrected chi connectivity index (χ4v) is 6.08. The van der Waals surface area contributed by atoms with E-state index < -0.39 is 0 Å². The lowest BCUT2D eigenvalue weighted by atomic mass is 10.1. The molecule has 1 aliphatic heterocycles. The van der Waals surface area contributed by atoms with Gasteiger partial charge in [0.05, 0.1) is 34.5 Å². The van der Waals surface area contributed by atoms with Crippen LogP contribution in [0.4, 0.5) is 5.69 Å². The Bertz CT molecular complexity index is 1530. The Hall–Kier alpha value is -3.36. The maximum Gasteiger partial charge on any atom is 0.227 e. The fraction of sp³-hybridized carbons (Fsp3) is 0.231. The predicted molar refractivity (Wildman–Crippen MR) is 138 cm³/mol. The summed E-state index contributed by atoms with van der Waals surface area (Å²) in [5.74, 6) is 1.01. The number of aromatic nitrogens is 4. The third-order valence-electron chi connectivity index (χ3n) is 6.15. The van der Waals surface area contributed by atoms with Crippen LogP contribution in [0.5, 0.6) is 0 Å². The van der Waals surface area contributed by atoms with Crippen LogP contribution in [0, 0.1) is 6.92 Å². The van der Waals surface area contributed by atoms with Crippen molar-refractivity contribution in [3.63, 3.8) is 0 Å². The molecule has 0 bridgehead atoms. The van der Waals surface area contributed by atoms with Crippen LogP contribution in [0.15, 0.2) is 53.4 Å². The number of thiazole rings is 2. The van der Waals surface area contributed by atoms with E-state index in [-0.39, 0.29) is 5.91 Å². The summed E-state index contributed by atoms with van der Waals surface area (Å²) < 4.78 is 3.41. The minimum atomic E-state index is 0.130. The number of carbonyl (C=O) groups is 1. The SMILES string of the molecule is CCCC(=O)N1Cc2nc(-c3nc(C)cs3)c(-c3ccc4ncsc4c3)n2Cc2ccccc21. The average Bonchev–Trinajstić information content (AvgIpc) is 3.54. The molecule has 6 nitrogen and oxygen atoms in total. The highest BCUT2D eigenvalue weighted by molar-refractivity contribution is 7.16. The van der Waals surface area contributed by atoms with Gasteiger partial charge in [-0.25, -0.2) is 15.0 Å². The summed E-state index contributed by atoms with van der Waals surface area (Å²) in [7, 11) is 0. The number of carbonyl (C=O) groups excluding carboxylic acids is 1. The maximum absolute atomic E-state index is 13.1. The van der Waals surface area contributed by atoms with Gasteiger partial charge in [0.15, 0.2) is 0 Å². The molecule has 170 valence electrons. The largest absolute Gasteiger partial charge is 0.321 e. The van der Waals surface area contributed by atoms with E-state index in [4.69, 9.17) is 9.97 Å². The van der Waals surface area contributed by atoms with Gasteiger partial charge < -0.3 is 9.47 Å². The van der Waals surface area contributed by atoms with Crippen LogP contribution >= 0.6 is 22.7 Å². The maximum atomic E-state index is 13.1. The number of aryl methyl sites for hydroxylation is 1. The number of hydrogen-bond donors (Lipinski definition) is 0. The van der Waals surface area contributed by atoms with Crippen LogP contribution in [0.2, 0.25) is 0 Å². The predicted octanol–water partition coefficient (Wildman–Crippen LogP) is 6.29. The highest BCUT2D eigenvalue weighted by atomic mass is 32.1. The summed E-state index contributed by atoms with van der Waals surface area (Å²) in [5, 5.41) is 2.96. The van der Waals surface area contributed by atoms with Gasteiger partial charge in [-0.15, -0.1) is 22.7 Å². The van der Waals surface area contributed by atoms with Crippen LogP contribution in [0.25, 0.3) is 32.2 Å². The van der Waals surface area contributed by atoms with Gasteiger partial charge in [0, 0.05) is 28.7 Å². The number of nitrogens with zero attached hydrogens (tertiary/aromatic N) is 5.